The normalized spacial score (nSPS) is 53.2. The minimum absolute atomic E-state index is 0.253. The standard InChI is InChI=1S/C22H31NO/c1-14-16-7-8-18-20-17(9-11-22(16,18)13-23(14)3)21(2)10-5-4-6-15(21)12-19(20)24/h4,6,12,14,16-18,20H,5,7-11,13H2,1-3H3. The Kier molecular flexibility index (Phi) is 3.10. The van der Waals surface area contributed by atoms with Gasteiger partial charge in [-0.15, -0.1) is 0 Å². The van der Waals surface area contributed by atoms with Crippen LogP contribution in [0.25, 0.3) is 0 Å². The maximum Gasteiger partial charge on any atom is 0.159 e. The van der Waals surface area contributed by atoms with E-state index in [0.717, 1.165) is 5.92 Å². The highest BCUT2D eigenvalue weighted by molar-refractivity contribution is 5.95. The predicted octanol–water partition coefficient (Wildman–Crippen LogP) is 4.22. The monoisotopic (exact) mass is 325 g/mol. The summed E-state index contributed by atoms with van der Waals surface area (Å²) in [7, 11) is 2.30. The molecule has 1 spiro atoms. The van der Waals surface area contributed by atoms with Crippen LogP contribution in [0, 0.1) is 34.5 Å². The van der Waals surface area contributed by atoms with Gasteiger partial charge in [0.05, 0.1) is 0 Å². The summed E-state index contributed by atoms with van der Waals surface area (Å²) >= 11 is 0. The first-order valence-corrected chi connectivity index (χ1v) is 10.1. The van der Waals surface area contributed by atoms with E-state index in [4.69, 9.17) is 0 Å². The Hall–Kier alpha value is -0.890. The van der Waals surface area contributed by atoms with E-state index in [1.165, 1.54) is 50.6 Å². The van der Waals surface area contributed by atoms with Crippen LogP contribution in [0.3, 0.4) is 0 Å². The van der Waals surface area contributed by atoms with Gasteiger partial charge in [-0.05, 0) is 92.7 Å². The van der Waals surface area contributed by atoms with E-state index in [0.29, 0.717) is 35.0 Å². The lowest BCUT2D eigenvalue weighted by molar-refractivity contribution is -0.132. The molecule has 4 aliphatic carbocycles. The third-order valence-electron chi connectivity index (χ3n) is 9.11. The van der Waals surface area contributed by atoms with Crippen molar-refractivity contribution in [3.63, 3.8) is 0 Å². The van der Waals surface area contributed by atoms with Gasteiger partial charge in [-0.3, -0.25) is 4.79 Å². The molecular weight excluding hydrogens is 294 g/mol. The molecule has 0 radical (unpaired) electrons. The Bertz CT molecular complexity index is 648. The number of allylic oxidation sites excluding steroid dienone is 4. The molecule has 0 bridgehead atoms. The smallest absolute Gasteiger partial charge is 0.159 e. The summed E-state index contributed by atoms with van der Waals surface area (Å²) in [6, 6.07) is 0.699. The molecule has 0 aromatic heterocycles. The zero-order valence-electron chi connectivity index (χ0n) is 15.4. The molecule has 5 aliphatic rings. The molecule has 0 aromatic rings. The van der Waals surface area contributed by atoms with Crippen LogP contribution in [-0.2, 0) is 4.79 Å². The summed E-state index contributed by atoms with van der Waals surface area (Å²) in [6.45, 7) is 6.11. The van der Waals surface area contributed by atoms with E-state index in [2.05, 4.69) is 37.9 Å². The molecule has 24 heavy (non-hydrogen) atoms. The lowest BCUT2D eigenvalue weighted by Gasteiger charge is -2.55. The van der Waals surface area contributed by atoms with E-state index in [-0.39, 0.29) is 5.41 Å². The van der Waals surface area contributed by atoms with Gasteiger partial charge in [-0.25, -0.2) is 0 Å². The number of ketones is 1. The van der Waals surface area contributed by atoms with Crippen molar-refractivity contribution in [2.45, 2.75) is 58.4 Å². The number of hydrogen-bond donors (Lipinski definition) is 0. The number of fused-ring (bicyclic) bond motifs is 4. The fourth-order valence-corrected chi connectivity index (χ4v) is 7.85. The van der Waals surface area contributed by atoms with Gasteiger partial charge >= 0.3 is 0 Å². The molecule has 5 rings (SSSR count). The van der Waals surface area contributed by atoms with Crippen LogP contribution in [0.1, 0.15) is 52.4 Å². The Morgan fingerprint density at radius 2 is 1.92 bits per heavy atom. The Labute approximate surface area is 146 Å². The maximum atomic E-state index is 13.2. The van der Waals surface area contributed by atoms with Crippen LogP contribution in [0.15, 0.2) is 23.8 Å². The van der Waals surface area contributed by atoms with Crippen molar-refractivity contribution in [2.24, 2.45) is 34.5 Å². The summed E-state index contributed by atoms with van der Waals surface area (Å²) < 4.78 is 0. The molecule has 2 saturated carbocycles. The molecular formula is C22H31NO. The number of rotatable bonds is 0. The largest absolute Gasteiger partial charge is 0.303 e. The van der Waals surface area contributed by atoms with Crippen LogP contribution in [0.2, 0.25) is 0 Å². The van der Waals surface area contributed by atoms with Gasteiger partial charge in [0, 0.05) is 18.5 Å². The van der Waals surface area contributed by atoms with E-state index in [1.54, 1.807) is 0 Å². The molecule has 1 saturated heterocycles. The second-order valence-electron chi connectivity index (χ2n) is 9.71. The SMILES string of the molecule is CC1C2CCC3C4C(=O)C=C5C=CCCC5(C)C4CCC32CN1C. The Morgan fingerprint density at radius 1 is 1.12 bits per heavy atom. The first-order valence-electron chi connectivity index (χ1n) is 10.1. The van der Waals surface area contributed by atoms with Gasteiger partial charge in [0.2, 0.25) is 0 Å². The topological polar surface area (TPSA) is 20.3 Å². The highest BCUT2D eigenvalue weighted by Crippen LogP contribution is 2.67. The summed E-state index contributed by atoms with van der Waals surface area (Å²) in [5.41, 5.74) is 2.03. The number of likely N-dealkylation sites (tertiary alicyclic amines) is 1. The fraction of sp³-hybridized carbons (Fsp3) is 0.773. The molecule has 1 heterocycles. The average Bonchev–Trinajstić information content (AvgIpc) is 3.03. The maximum absolute atomic E-state index is 13.2. The molecule has 130 valence electrons. The Balaban J connectivity index is 1.58. The van der Waals surface area contributed by atoms with Crippen molar-refractivity contribution in [2.75, 3.05) is 13.6 Å². The second-order valence-corrected chi connectivity index (χ2v) is 9.71. The molecule has 0 amide bonds. The van der Waals surface area contributed by atoms with E-state index >= 15 is 0 Å². The van der Waals surface area contributed by atoms with Gasteiger partial charge in [-0.1, -0.05) is 19.1 Å². The molecule has 7 unspecified atom stereocenters. The molecule has 7 atom stereocenters. The van der Waals surface area contributed by atoms with Crippen molar-refractivity contribution in [1.29, 1.82) is 0 Å². The van der Waals surface area contributed by atoms with Crippen molar-refractivity contribution >= 4 is 5.78 Å². The molecule has 0 N–H and O–H groups in total. The van der Waals surface area contributed by atoms with Crippen molar-refractivity contribution in [1.82, 2.24) is 4.90 Å². The van der Waals surface area contributed by atoms with Crippen LogP contribution < -0.4 is 0 Å². The highest BCUT2D eigenvalue weighted by atomic mass is 16.1. The lowest BCUT2D eigenvalue weighted by Crippen LogP contribution is -2.53. The zero-order valence-corrected chi connectivity index (χ0v) is 15.4. The van der Waals surface area contributed by atoms with Crippen molar-refractivity contribution in [3.05, 3.63) is 23.8 Å². The van der Waals surface area contributed by atoms with Crippen LogP contribution >= 0.6 is 0 Å². The third-order valence-corrected chi connectivity index (χ3v) is 9.11. The fourth-order valence-electron chi connectivity index (χ4n) is 7.85. The third kappa shape index (κ3) is 1.69. The molecule has 1 aliphatic heterocycles. The van der Waals surface area contributed by atoms with Gasteiger partial charge in [0.15, 0.2) is 5.78 Å². The van der Waals surface area contributed by atoms with E-state index in [1.807, 2.05) is 6.08 Å². The molecule has 2 nitrogen and oxygen atoms in total. The number of carbonyl (C=O) groups excluding carboxylic acids is 1. The quantitative estimate of drug-likeness (QED) is 0.664. The zero-order chi connectivity index (χ0) is 16.7. The molecule has 0 aromatic carbocycles. The number of hydrogen-bond acceptors (Lipinski definition) is 2. The van der Waals surface area contributed by atoms with Gasteiger partial charge in [0.25, 0.3) is 0 Å². The van der Waals surface area contributed by atoms with E-state index < -0.39 is 0 Å². The summed E-state index contributed by atoms with van der Waals surface area (Å²) in [5.74, 6) is 2.83. The summed E-state index contributed by atoms with van der Waals surface area (Å²) in [5, 5.41) is 0. The first-order chi connectivity index (χ1) is 11.5. The Morgan fingerprint density at radius 3 is 2.75 bits per heavy atom. The molecule has 3 fully saturated rings. The van der Waals surface area contributed by atoms with Gasteiger partial charge in [0.1, 0.15) is 0 Å². The number of nitrogens with zero attached hydrogens (tertiary/aromatic N) is 1. The summed E-state index contributed by atoms with van der Waals surface area (Å²) in [6.07, 6.45) is 14.3. The second kappa shape index (κ2) is 4.84. The lowest BCUT2D eigenvalue weighted by atomic mass is 9.47. The minimum Gasteiger partial charge on any atom is -0.303 e. The van der Waals surface area contributed by atoms with Crippen LogP contribution in [-0.4, -0.2) is 30.3 Å². The van der Waals surface area contributed by atoms with Crippen molar-refractivity contribution in [3.8, 4) is 0 Å². The molecule has 2 heteroatoms. The average molecular weight is 325 g/mol. The van der Waals surface area contributed by atoms with Crippen LogP contribution in [0.5, 0.6) is 0 Å². The first kappa shape index (κ1) is 15.4. The van der Waals surface area contributed by atoms with Gasteiger partial charge in [-0.2, -0.15) is 0 Å². The predicted molar refractivity (Wildman–Crippen MR) is 96.5 cm³/mol. The van der Waals surface area contributed by atoms with Crippen molar-refractivity contribution < 1.29 is 4.79 Å². The minimum atomic E-state index is 0.253. The van der Waals surface area contributed by atoms with Crippen LogP contribution in [0.4, 0.5) is 0 Å². The number of carbonyl (C=O) groups is 1. The summed E-state index contributed by atoms with van der Waals surface area (Å²) in [4.78, 5) is 15.8. The van der Waals surface area contributed by atoms with E-state index in [9.17, 15) is 4.79 Å². The van der Waals surface area contributed by atoms with Gasteiger partial charge < -0.3 is 4.90 Å². The highest BCUT2D eigenvalue weighted by Gasteiger charge is 2.65.